The molecule has 3 aromatic carbocycles. The summed E-state index contributed by atoms with van der Waals surface area (Å²) >= 11 is 0. The predicted molar refractivity (Wildman–Crippen MR) is 100 cm³/mol. The largest absolute Gasteiger partial charge is 0.494 e. The van der Waals surface area contributed by atoms with Crippen molar-refractivity contribution in [3.63, 3.8) is 0 Å². The van der Waals surface area contributed by atoms with Crippen LogP contribution in [0.2, 0.25) is 0 Å². The predicted octanol–water partition coefficient (Wildman–Crippen LogP) is 5.84. The number of hydrogen-bond acceptors (Lipinski definition) is 2. The molecule has 0 unspecified atom stereocenters. The van der Waals surface area contributed by atoms with Crippen LogP contribution in [0.4, 0.5) is 0 Å². The number of aromatic nitrogens is 1. The van der Waals surface area contributed by atoms with Crippen molar-refractivity contribution in [2.24, 2.45) is 0 Å². The van der Waals surface area contributed by atoms with Gasteiger partial charge in [-0.1, -0.05) is 49.4 Å². The maximum atomic E-state index is 5.73. The Labute approximate surface area is 141 Å². The van der Waals surface area contributed by atoms with E-state index in [-0.39, 0.29) is 0 Å². The third-order valence-corrected chi connectivity index (χ3v) is 4.26. The summed E-state index contributed by atoms with van der Waals surface area (Å²) in [4.78, 5) is 4.40. The van der Waals surface area contributed by atoms with Crippen molar-refractivity contribution in [2.45, 2.75) is 13.3 Å². The van der Waals surface area contributed by atoms with Gasteiger partial charge in [-0.15, -0.1) is 0 Å². The van der Waals surface area contributed by atoms with E-state index in [2.05, 4.69) is 60.4 Å². The Morgan fingerprint density at radius 1 is 0.833 bits per heavy atom. The molecular formula is C22H19NO. The summed E-state index contributed by atoms with van der Waals surface area (Å²) in [6.07, 6.45) is 4.88. The maximum absolute atomic E-state index is 5.73. The van der Waals surface area contributed by atoms with Crippen molar-refractivity contribution in [1.29, 1.82) is 0 Å². The standard InChI is InChI=1S/C22H19NO/c1-2-11-24-20-10-9-16-12-18(8-7-17(16)13-20)22-15-23-14-19-5-3-4-6-21(19)22/h3-10,12-15H,2,11H2,1H3. The van der Waals surface area contributed by atoms with Gasteiger partial charge in [0.2, 0.25) is 0 Å². The van der Waals surface area contributed by atoms with Gasteiger partial charge >= 0.3 is 0 Å². The first-order chi connectivity index (χ1) is 11.8. The number of pyridine rings is 1. The molecule has 0 saturated carbocycles. The van der Waals surface area contributed by atoms with Crippen LogP contribution < -0.4 is 4.74 Å². The quantitative estimate of drug-likeness (QED) is 0.472. The first-order valence-corrected chi connectivity index (χ1v) is 8.35. The van der Waals surface area contributed by atoms with Crippen molar-refractivity contribution in [3.05, 3.63) is 73.1 Å². The van der Waals surface area contributed by atoms with Crippen molar-refractivity contribution in [2.75, 3.05) is 6.61 Å². The first kappa shape index (κ1) is 14.7. The lowest BCUT2D eigenvalue weighted by atomic mass is 9.98. The van der Waals surface area contributed by atoms with E-state index in [9.17, 15) is 0 Å². The maximum Gasteiger partial charge on any atom is 0.119 e. The summed E-state index contributed by atoms with van der Waals surface area (Å²) in [6, 6.07) is 21.2. The van der Waals surface area contributed by atoms with E-state index in [1.54, 1.807) is 0 Å². The topological polar surface area (TPSA) is 22.1 Å². The van der Waals surface area contributed by atoms with Crippen LogP contribution in [0, 0.1) is 0 Å². The smallest absolute Gasteiger partial charge is 0.119 e. The highest BCUT2D eigenvalue weighted by Crippen LogP contribution is 2.31. The average Bonchev–Trinajstić information content (AvgIpc) is 2.65. The normalized spacial score (nSPS) is 11.0. The van der Waals surface area contributed by atoms with Crippen LogP contribution in [-0.2, 0) is 0 Å². The lowest BCUT2D eigenvalue weighted by molar-refractivity contribution is 0.318. The van der Waals surface area contributed by atoms with E-state index in [1.807, 2.05) is 24.5 Å². The molecule has 0 spiro atoms. The molecule has 0 radical (unpaired) electrons. The summed E-state index contributed by atoms with van der Waals surface area (Å²) in [5, 5.41) is 4.80. The number of fused-ring (bicyclic) bond motifs is 2. The summed E-state index contributed by atoms with van der Waals surface area (Å²) in [7, 11) is 0. The average molecular weight is 313 g/mol. The highest BCUT2D eigenvalue weighted by atomic mass is 16.5. The first-order valence-electron chi connectivity index (χ1n) is 8.35. The number of ether oxygens (including phenoxy) is 1. The lowest BCUT2D eigenvalue weighted by Gasteiger charge is -2.09. The van der Waals surface area contributed by atoms with Crippen molar-refractivity contribution >= 4 is 21.5 Å². The fraction of sp³-hybridized carbons (Fsp3) is 0.136. The Balaban J connectivity index is 1.79. The summed E-state index contributed by atoms with van der Waals surface area (Å²) in [6.45, 7) is 2.87. The molecular weight excluding hydrogens is 294 g/mol. The molecule has 24 heavy (non-hydrogen) atoms. The SMILES string of the molecule is CCCOc1ccc2cc(-c3cncc4ccccc34)ccc2c1. The molecule has 118 valence electrons. The molecule has 2 heteroatoms. The van der Waals surface area contributed by atoms with Crippen LogP contribution in [0.1, 0.15) is 13.3 Å². The minimum absolute atomic E-state index is 0.755. The molecule has 0 aliphatic rings. The Kier molecular flexibility index (Phi) is 3.87. The van der Waals surface area contributed by atoms with Crippen molar-refractivity contribution < 1.29 is 4.74 Å². The van der Waals surface area contributed by atoms with Crippen LogP contribution in [0.3, 0.4) is 0 Å². The molecule has 4 aromatic rings. The van der Waals surface area contributed by atoms with Crippen molar-refractivity contribution in [1.82, 2.24) is 4.98 Å². The van der Waals surface area contributed by atoms with Gasteiger partial charge in [0.1, 0.15) is 5.75 Å². The van der Waals surface area contributed by atoms with Gasteiger partial charge in [0.25, 0.3) is 0 Å². The Morgan fingerprint density at radius 3 is 2.58 bits per heavy atom. The molecule has 4 rings (SSSR count). The minimum Gasteiger partial charge on any atom is -0.494 e. The van der Waals surface area contributed by atoms with E-state index >= 15 is 0 Å². The summed E-state index contributed by atoms with van der Waals surface area (Å²) in [5.41, 5.74) is 2.36. The second-order valence-corrected chi connectivity index (χ2v) is 5.98. The van der Waals surface area contributed by atoms with E-state index in [4.69, 9.17) is 4.74 Å². The Hall–Kier alpha value is -2.87. The van der Waals surface area contributed by atoms with Gasteiger partial charge in [-0.05, 0) is 46.3 Å². The van der Waals surface area contributed by atoms with Crippen LogP contribution in [0.5, 0.6) is 5.75 Å². The van der Waals surface area contributed by atoms with Crippen LogP contribution in [0.15, 0.2) is 73.1 Å². The number of hydrogen-bond donors (Lipinski definition) is 0. The highest BCUT2D eigenvalue weighted by molar-refractivity contribution is 5.98. The molecule has 2 nitrogen and oxygen atoms in total. The third kappa shape index (κ3) is 2.71. The minimum atomic E-state index is 0.755. The zero-order valence-corrected chi connectivity index (χ0v) is 13.7. The summed E-state index contributed by atoms with van der Waals surface area (Å²) in [5.74, 6) is 0.934. The molecule has 0 aliphatic carbocycles. The van der Waals surface area contributed by atoms with Crippen molar-refractivity contribution in [3.8, 4) is 16.9 Å². The molecule has 0 aliphatic heterocycles. The van der Waals surface area contributed by atoms with Crippen LogP contribution in [-0.4, -0.2) is 11.6 Å². The van der Waals surface area contributed by atoms with E-state index in [0.29, 0.717) is 0 Å². The zero-order valence-electron chi connectivity index (χ0n) is 13.7. The van der Waals surface area contributed by atoms with Gasteiger partial charge in [0.15, 0.2) is 0 Å². The Morgan fingerprint density at radius 2 is 1.67 bits per heavy atom. The van der Waals surface area contributed by atoms with Gasteiger partial charge in [-0.2, -0.15) is 0 Å². The highest BCUT2D eigenvalue weighted by Gasteiger charge is 2.06. The monoisotopic (exact) mass is 313 g/mol. The number of nitrogens with zero attached hydrogens (tertiary/aromatic N) is 1. The van der Waals surface area contributed by atoms with Gasteiger partial charge in [-0.25, -0.2) is 0 Å². The fourth-order valence-corrected chi connectivity index (χ4v) is 3.05. The van der Waals surface area contributed by atoms with E-state index in [1.165, 1.54) is 32.7 Å². The lowest BCUT2D eigenvalue weighted by Crippen LogP contribution is -1.94. The number of rotatable bonds is 4. The summed E-state index contributed by atoms with van der Waals surface area (Å²) < 4.78 is 5.73. The molecule has 0 fully saturated rings. The fourth-order valence-electron chi connectivity index (χ4n) is 3.05. The Bertz CT molecular complexity index is 1000. The third-order valence-electron chi connectivity index (χ3n) is 4.26. The molecule has 0 N–H and O–H groups in total. The van der Waals surface area contributed by atoms with Gasteiger partial charge < -0.3 is 4.74 Å². The van der Waals surface area contributed by atoms with E-state index < -0.39 is 0 Å². The zero-order chi connectivity index (χ0) is 16.4. The molecule has 1 aromatic heterocycles. The van der Waals surface area contributed by atoms with Gasteiger partial charge in [-0.3, -0.25) is 4.98 Å². The van der Waals surface area contributed by atoms with Gasteiger partial charge in [0, 0.05) is 23.3 Å². The van der Waals surface area contributed by atoms with E-state index in [0.717, 1.165) is 18.8 Å². The van der Waals surface area contributed by atoms with Gasteiger partial charge in [0.05, 0.1) is 6.61 Å². The molecule has 0 amide bonds. The second kappa shape index (κ2) is 6.32. The van der Waals surface area contributed by atoms with Crippen LogP contribution >= 0.6 is 0 Å². The second-order valence-electron chi connectivity index (χ2n) is 5.98. The molecule has 1 heterocycles. The number of benzene rings is 3. The molecule has 0 bridgehead atoms. The molecule has 0 atom stereocenters. The van der Waals surface area contributed by atoms with Crippen LogP contribution in [0.25, 0.3) is 32.7 Å². The molecule has 0 saturated heterocycles.